The van der Waals surface area contributed by atoms with Crippen molar-refractivity contribution in [2.75, 3.05) is 6.54 Å². The van der Waals surface area contributed by atoms with Crippen LogP contribution >= 0.6 is 0 Å². The van der Waals surface area contributed by atoms with Crippen LogP contribution in [0.4, 0.5) is 13.2 Å². The monoisotopic (exact) mass is 247 g/mol. The molecule has 0 radical (unpaired) electrons. The van der Waals surface area contributed by atoms with Gasteiger partial charge in [-0.1, -0.05) is 20.8 Å². The summed E-state index contributed by atoms with van der Waals surface area (Å²) >= 11 is 0. The van der Waals surface area contributed by atoms with Crippen LogP contribution in [0.5, 0.6) is 0 Å². The van der Waals surface area contributed by atoms with E-state index in [9.17, 15) is 13.2 Å². The number of fused-ring (bicyclic) bond motifs is 3. The maximum Gasteiger partial charge on any atom is 0.257 e. The highest BCUT2D eigenvalue weighted by Gasteiger charge is 2.80. The van der Waals surface area contributed by atoms with Crippen molar-refractivity contribution in [1.82, 2.24) is 4.90 Å². The number of nitrogens with zero attached hydrogens (tertiary/aromatic N) is 1. The number of halogens is 3. The maximum atomic E-state index is 13.7. The summed E-state index contributed by atoms with van der Waals surface area (Å²) in [5.41, 5.74) is 0.0250. The smallest absolute Gasteiger partial charge is 0.257 e. The molecule has 2 saturated heterocycles. The Labute approximate surface area is 100 Å². The highest BCUT2D eigenvalue weighted by atomic mass is 19.3. The number of rotatable bonds is 1. The number of hydrogen-bond acceptors (Lipinski definition) is 1. The van der Waals surface area contributed by atoms with Crippen LogP contribution in [-0.2, 0) is 0 Å². The third kappa shape index (κ3) is 1.56. The molecular weight excluding hydrogens is 227 g/mol. The Morgan fingerprint density at radius 1 is 1.24 bits per heavy atom. The van der Waals surface area contributed by atoms with Gasteiger partial charge in [0, 0.05) is 18.5 Å². The first kappa shape index (κ1) is 11.8. The van der Waals surface area contributed by atoms with Crippen LogP contribution in [0.25, 0.3) is 0 Å². The summed E-state index contributed by atoms with van der Waals surface area (Å²) in [6.45, 7) is 6.87. The van der Waals surface area contributed by atoms with Gasteiger partial charge in [-0.05, 0) is 18.3 Å². The van der Waals surface area contributed by atoms with Crippen LogP contribution in [0.1, 0.15) is 33.6 Å². The minimum absolute atomic E-state index is 0.0250. The Balaban J connectivity index is 1.85. The van der Waals surface area contributed by atoms with Gasteiger partial charge in [-0.25, -0.2) is 13.2 Å². The topological polar surface area (TPSA) is 3.24 Å². The van der Waals surface area contributed by atoms with E-state index < -0.39 is 30.0 Å². The molecule has 1 nitrogen and oxygen atoms in total. The van der Waals surface area contributed by atoms with Crippen molar-refractivity contribution in [2.24, 2.45) is 17.3 Å². The molecule has 0 aromatic carbocycles. The molecule has 3 fully saturated rings. The first-order chi connectivity index (χ1) is 7.73. The van der Waals surface area contributed by atoms with Crippen LogP contribution in [-0.4, -0.2) is 35.6 Å². The molecule has 0 spiro atoms. The number of hydrogen-bond donors (Lipinski definition) is 0. The van der Waals surface area contributed by atoms with Crippen LogP contribution < -0.4 is 0 Å². The molecule has 2 aliphatic heterocycles. The number of alkyl halides is 3. The molecule has 1 saturated carbocycles. The Morgan fingerprint density at radius 2 is 1.88 bits per heavy atom. The normalized spacial score (nSPS) is 48.0. The molecule has 3 rings (SSSR count). The lowest BCUT2D eigenvalue weighted by atomic mass is 9.86. The molecule has 98 valence electrons. The van der Waals surface area contributed by atoms with E-state index in [2.05, 4.69) is 20.8 Å². The molecule has 0 N–H and O–H groups in total. The molecule has 1 aliphatic carbocycles. The van der Waals surface area contributed by atoms with E-state index in [1.165, 1.54) is 0 Å². The zero-order valence-electron chi connectivity index (χ0n) is 10.6. The predicted molar refractivity (Wildman–Crippen MR) is 59.8 cm³/mol. The Morgan fingerprint density at radius 3 is 2.47 bits per heavy atom. The third-order valence-electron chi connectivity index (χ3n) is 4.61. The van der Waals surface area contributed by atoms with Crippen LogP contribution in [0.2, 0.25) is 0 Å². The van der Waals surface area contributed by atoms with E-state index in [-0.39, 0.29) is 11.5 Å². The second-order valence-electron chi connectivity index (χ2n) is 7.09. The fraction of sp³-hybridized carbons (Fsp3) is 1.00. The SMILES string of the molecule is CC(C)(C)CC1C2C(C3C(F)CCN13)C2(F)F. The summed E-state index contributed by atoms with van der Waals surface area (Å²) in [5, 5.41) is 0. The lowest BCUT2D eigenvalue weighted by molar-refractivity contribution is 0.00429. The van der Waals surface area contributed by atoms with Gasteiger partial charge < -0.3 is 0 Å². The molecule has 2 heterocycles. The van der Waals surface area contributed by atoms with Crippen molar-refractivity contribution in [1.29, 1.82) is 0 Å². The minimum Gasteiger partial charge on any atom is -0.293 e. The average Bonchev–Trinajstić information content (AvgIpc) is 2.52. The van der Waals surface area contributed by atoms with Gasteiger partial charge in [0.25, 0.3) is 5.92 Å². The quantitative estimate of drug-likeness (QED) is 0.688. The molecule has 0 bridgehead atoms. The van der Waals surface area contributed by atoms with Gasteiger partial charge in [0.1, 0.15) is 6.17 Å². The minimum atomic E-state index is -2.61. The second-order valence-corrected chi connectivity index (χ2v) is 7.09. The summed E-state index contributed by atoms with van der Waals surface area (Å²) in [4.78, 5) is 2.03. The Kier molecular flexibility index (Phi) is 2.22. The lowest BCUT2D eigenvalue weighted by Crippen LogP contribution is -2.43. The second kappa shape index (κ2) is 3.19. The van der Waals surface area contributed by atoms with Gasteiger partial charge in [-0.15, -0.1) is 0 Å². The predicted octanol–water partition coefficient (Wildman–Crippen LogP) is 3.10. The maximum absolute atomic E-state index is 13.7. The average molecular weight is 247 g/mol. The van der Waals surface area contributed by atoms with Crippen molar-refractivity contribution in [3.8, 4) is 0 Å². The molecule has 5 atom stereocenters. The summed E-state index contributed by atoms with van der Waals surface area (Å²) in [6, 6.07) is -0.608. The Bertz CT molecular complexity index is 334. The zero-order chi connectivity index (χ0) is 12.6. The first-order valence-corrected chi connectivity index (χ1v) is 6.51. The fourth-order valence-electron chi connectivity index (χ4n) is 4.01. The molecular formula is C13H20F3N. The van der Waals surface area contributed by atoms with Crippen LogP contribution in [0, 0.1) is 17.3 Å². The van der Waals surface area contributed by atoms with Gasteiger partial charge in [0.2, 0.25) is 0 Å². The molecule has 4 heteroatoms. The van der Waals surface area contributed by atoms with E-state index in [0.29, 0.717) is 13.0 Å². The largest absolute Gasteiger partial charge is 0.293 e. The molecule has 17 heavy (non-hydrogen) atoms. The van der Waals surface area contributed by atoms with Gasteiger partial charge in [-0.2, -0.15) is 0 Å². The van der Waals surface area contributed by atoms with E-state index in [0.717, 1.165) is 6.42 Å². The fourth-order valence-corrected chi connectivity index (χ4v) is 4.01. The molecule has 0 aromatic rings. The Hall–Kier alpha value is -0.250. The van der Waals surface area contributed by atoms with Crippen molar-refractivity contribution >= 4 is 0 Å². The van der Waals surface area contributed by atoms with Crippen molar-refractivity contribution in [3.63, 3.8) is 0 Å². The zero-order valence-corrected chi connectivity index (χ0v) is 10.6. The van der Waals surface area contributed by atoms with Gasteiger partial charge >= 0.3 is 0 Å². The van der Waals surface area contributed by atoms with Gasteiger partial charge in [0.05, 0.1) is 12.0 Å². The van der Waals surface area contributed by atoms with E-state index in [4.69, 9.17) is 0 Å². The first-order valence-electron chi connectivity index (χ1n) is 6.51. The standard InChI is InChI=1S/C13H20F3N/c1-12(2,3)6-8-9-10(13(9,15)16)11-7(14)4-5-17(8)11/h7-11H,4-6H2,1-3H3. The molecule has 3 aliphatic rings. The summed E-state index contributed by atoms with van der Waals surface area (Å²) < 4.78 is 41.1. The van der Waals surface area contributed by atoms with Crippen molar-refractivity contribution in [3.05, 3.63) is 0 Å². The van der Waals surface area contributed by atoms with Gasteiger partial charge in [-0.3, -0.25) is 4.90 Å². The summed E-state index contributed by atoms with van der Waals surface area (Å²) in [6.07, 6.45) is 0.137. The number of piperidine rings is 1. The van der Waals surface area contributed by atoms with Gasteiger partial charge in [0.15, 0.2) is 0 Å². The van der Waals surface area contributed by atoms with Crippen molar-refractivity contribution < 1.29 is 13.2 Å². The molecule has 0 amide bonds. The summed E-state index contributed by atoms with van der Waals surface area (Å²) in [5.74, 6) is -3.89. The lowest BCUT2D eigenvalue weighted by Gasteiger charge is -2.33. The van der Waals surface area contributed by atoms with E-state index in [1.54, 1.807) is 0 Å². The van der Waals surface area contributed by atoms with Crippen LogP contribution in [0.3, 0.4) is 0 Å². The molecule has 0 aromatic heterocycles. The van der Waals surface area contributed by atoms with Crippen LogP contribution in [0.15, 0.2) is 0 Å². The van der Waals surface area contributed by atoms with E-state index in [1.807, 2.05) is 4.90 Å². The van der Waals surface area contributed by atoms with Crippen molar-refractivity contribution in [2.45, 2.75) is 57.8 Å². The van der Waals surface area contributed by atoms with E-state index >= 15 is 0 Å². The highest BCUT2D eigenvalue weighted by Crippen LogP contribution is 2.68. The molecule has 5 unspecified atom stereocenters. The summed E-state index contributed by atoms with van der Waals surface area (Å²) in [7, 11) is 0. The highest BCUT2D eigenvalue weighted by molar-refractivity contribution is 5.24. The third-order valence-corrected chi connectivity index (χ3v) is 4.61.